The Hall–Kier alpha value is -0.910. The Morgan fingerprint density at radius 3 is 2.25 bits per heavy atom. The van der Waals surface area contributed by atoms with Gasteiger partial charge in [-0.15, -0.1) is 0 Å². The molecule has 0 aliphatic carbocycles. The zero-order valence-corrected chi connectivity index (χ0v) is 13.4. The minimum atomic E-state index is -3.39. The maximum atomic E-state index is 12.5. The van der Waals surface area contributed by atoms with Crippen LogP contribution in [0.2, 0.25) is 0 Å². The van der Waals surface area contributed by atoms with Crippen molar-refractivity contribution < 1.29 is 13.2 Å². The van der Waals surface area contributed by atoms with E-state index in [1.807, 2.05) is 12.1 Å². The maximum Gasteiger partial charge on any atom is 0.243 e. The summed E-state index contributed by atoms with van der Waals surface area (Å²) in [5.74, 6) is 0. The van der Waals surface area contributed by atoms with Crippen LogP contribution in [0.4, 0.5) is 0 Å². The first-order valence-corrected chi connectivity index (χ1v) is 8.32. The van der Waals surface area contributed by atoms with Crippen LogP contribution < -0.4 is 0 Å². The second-order valence-corrected chi connectivity index (χ2v) is 8.22. The molecule has 0 saturated carbocycles. The first kappa shape index (κ1) is 15.5. The lowest BCUT2D eigenvalue weighted by atomic mass is 9.87. The average molecular weight is 297 g/mol. The second kappa shape index (κ2) is 5.47. The molecule has 0 radical (unpaired) electrons. The average Bonchev–Trinajstić information content (AvgIpc) is 2.87. The molecule has 112 valence electrons. The van der Waals surface area contributed by atoms with Gasteiger partial charge in [-0.25, -0.2) is 8.42 Å². The highest BCUT2D eigenvalue weighted by atomic mass is 32.2. The molecule has 0 unspecified atom stereocenters. The monoisotopic (exact) mass is 297 g/mol. The summed E-state index contributed by atoms with van der Waals surface area (Å²) in [5.41, 5.74) is 1.16. The molecule has 0 N–H and O–H groups in total. The third-order valence-electron chi connectivity index (χ3n) is 3.80. The van der Waals surface area contributed by atoms with E-state index in [2.05, 4.69) is 20.8 Å². The SMILES string of the molecule is CO[C@@H]1CCN(S(=O)(=O)c2ccc(C(C)(C)C)cc2)C1. The van der Waals surface area contributed by atoms with Gasteiger partial charge in [-0.3, -0.25) is 0 Å². The summed E-state index contributed by atoms with van der Waals surface area (Å²) in [5, 5.41) is 0. The van der Waals surface area contributed by atoms with Gasteiger partial charge in [-0.2, -0.15) is 4.31 Å². The van der Waals surface area contributed by atoms with E-state index < -0.39 is 10.0 Å². The highest BCUT2D eigenvalue weighted by Crippen LogP contribution is 2.26. The quantitative estimate of drug-likeness (QED) is 0.860. The number of benzene rings is 1. The summed E-state index contributed by atoms with van der Waals surface area (Å²) < 4.78 is 31.8. The van der Waals surface area contributed by atoms with E-state index in [4.69, 9.17) is 4.74 Å². The standard InChI is InChI=1S/C15H23NO3S/c1-15(2,3)12-5-7-14(8-6-12)20(17,18)16-10-9-13(11-16)19-4/h5-8,13H,9-11H2,1-4H3/t13-/m1/s1. The van der Waals surface area contributed by atoms with Crippen molar-refractivity contribution in [3.63, 3.8) is 0 Å². The Morgan fingerprint density at radius 1 is 1.20 bits per heavy atom. The predicted molar refractivity (Wildman–Crippen MR) is 79.3 cm³/mol. The van der Waals surface area contributed by atoms with Gasteiger partial charge < -0.3 is 4.74 Å². The van der Waals surface area contributed by atoms with Crippen LogP contribution >= 0.6 is 0 Å². The molecule has 1 aromatic rings. The van der Waals surface area contributed by atoms with Crippen LogP contribution in [-0.4, -0.2) is 39.0 Å². The van der Waals surface area contributed by atoms with Crippen molar-refractivity contribution in [2.45, 2.75) is 43.6 Å². The molecule has 0 aromatic heterocycles. The molecule has 1 saturated heterocycles. The Labute approximate surface area is 121 Å². The summed E-state index contributed by atoms with van der Waals surface area (Å²) in [4.78, 5) is 0.363. The largest absolute Gasteiger partial charge is 0.380 e. The lowest BCUT2D eigenvalue weighted by Crippen LogP contribution is -2.30. The fraction of sp³-hybridized carbons (Fsp3) is 0.600. The van der Waals surface area contributed by atoms with Gasteiger partial charge >= 0.3 is 0 Å². The molecule has 1 aromatic carbocycles. The molecular weight excluding hydrogens is 274 g/mol. The van der Waals surface area contributed by atoms with Crippen LogP contribution in [0.25, 0.3) is 0 Å². The van der Waals surface area contributed by atoms with Gasteiger partial charge in [0, 0.05) is 20.2 Å². The molecule has 1 aliphatic rings. The number of sulfonamides is 1. The van der Waals surface area contributed by atoms with Crippen LogP contribution in [0.1, 0.15) is 32.8 Å². The number of nitrogens with zero attached hydrogens (tertiary/aromatic N) is 1. The Bertz CT molecular complexity index is 558. The molecule has 0 amide bonds. The summed E-state index contributed by atoms with van der Waals surface area (Å²) >= 11 is 0. The molecule has 20 heavy (non-hydrogen) atoms. The van der Waals surface area contributed by atoms with E-state index in [1.165, 1.54) is 4.31 Å². The molecule has 0 bridgehead atoms. The maximum absolute atomic E-state index is 12.5. The lowest BCUT2D eigenvalue weighted by molar-refractivity contribution is 0.115. The van der Waals surface area contributed by atoms with E-state index in [9.17, 15) is 8.42 Å². The van der Waals surface area contributed by atoms with Gasteiger partial charge in [0.15, 0.2) is 0 Å². The molecule has 0 spiro atoms. The first-order chi connectivity index (χ1) is 9.25. The van der Waals surface area contributed by atoms with Crippen molar-refractivity contribution in [1.82, 2.24) is 4.31 Å². The van der Waals surface area contributed by atoms with Crippen LogP contribution in [0.5, 0.6) is 0 Å². The molecular formula is C15H23NO3S. The topological polar surface area (TPSA) is 46.6 Å². The number of ether oxygens (including phenoxy) is 1. The normalized spacial score (nSPS) is 21.3. The summed E-state index contributed by atoms with van der Waals surface area (Å²) in [6.07, 6.45) is 0.772. The summed E-state index contributed by atoms with van der Waals surface area (Å²) in [6.45, 7) is 7.31. The Balaban J connectivity index is 2.23. The molecule has 1 fully saturated rings. The van der Waals surface area contributed by atoms with Gasteiger partial charge in [0.1, 0.15) is 0 Å². The van der Waals surface area contributed by atoms with Crippen molar-refractivity contribution in [3.8, 4) is 0 Å². The molecule has 2 rings (SSSR count). The van der Waals surface area contributed by atoms with Crippen LogP contribution in [0.3, 0.4) is 0 Å². The van der Waals surface area contributed by atoms with E-state index in [-0.39, 0.29) is 11.5 Å². The van der Waals surface area contributed by atoms with E-state index in [1.54, 1.807) is 19.2 Å². The summed E-state index contributed by atoms with van der Waals surface area (Å²) in [6, 6.07) is 7.21. The van der Waals surface area contributed by atoms with Gasteiger partial charge in [-0.05, 0) is 29.5 Å². The zero-order chi connectivity index (χ0) is 15.0. The fourth-order valence-corrected chi connectivity index (χ4v) is 3.87. The number of rotatable bonds is 3. The smallest absolute Gasteiger partial charge is 0.243 e. The number of hydrogen-bond acceptors (Lipinski definition) is 3. The number of methoxy groups -OCH3 is 1. The highest BCUT2D eigenvalue weighted by molar-refractivity contribution is 7.89. The van der Waals surface area contributed by atoms with E-state index >= 15 is 0 Å². The van der Waals surface area contributed by atoms with Crippen molar-refractivity contribution in [3.05, 3.63) is 29.8 Å². The van der Waals surface area contributed by atoms with Crippen molar-refractivity contribution in [2.24, 2.45) is 0 Å². The molecule has 1 heterocycles. The first-order valence-electron chi connectivity index (χ1n) is 6.88. The zero-order valence-electron chi connectivity index (χ0n) is 12.6. The predicted octanol–water partition coefficient (Wildman–Crippen LogP) is 2.39. The lowest BCUT2D eigenvalue weighted by Gasteiger charge is -2.20. The van der Waals surface area contributed by atoms with Gasteiger partial charge in [-0.1, -0.05) is 32.9 Å². The van der Waals surface area contributed by atoms with Crippen molar-refractivity contribution in [2.75, 3.05) is 20.2 Å². The van der Waals surface area contributed by atoms with Crippen LogP contribution in [-0.2, 0) is 20.2 Å². The number of hydrogen-bond donors (Lipinski definition) is 0. The van der Waals surface area contributed by atoms with Gasteiger partial charge in [0.05, 0.1) is 11.0 Å². The molecule has 4 nitrogen and oxygen atoms in total. The van der Waals surface area contributed by atoms with Gasteiger partial charge in [0.25, 0.3) is 0 Å². The van der Waals surface area contributed by atoms with E-state index in [0.29, 0.717) is 18.0 Å². The molecule has 1 atom stereocenters. The minimum Gasteiger partial charge on any atom is -0.380 e. The van der Waals surface area contributed by atoms with Crippen molar-refractivity contribution >= 4 is 10.0 Å². The minimum absolute atomic E-state index is 0.0126. The van der Waals surface area contributed by atoms with Crippen LogP contribution in [0.15, 0.2) is 29.2 Å². The molecule has 1 aliphatic heterocycles. The summed E-state index contributed by atoms with van der Waals surface area (Å²) in [7, 11) is -1.77. The van der Waals surface area contributed by atoms with Gasteiger partial charge in [0.2, 0.25) is 10.0 Å². The Kier molecular flexibility index (Phi) is 4.23. The van der Waals surface area contributed by atoms with Crippen molar-refractivity contribution in [1.29, 1.82) is 0 Å². The van der Waals surface area contributed by atoms with Crippen LogP contribution in [0, 0.1) is 0 Å². The highest BCUT2D eigenvalue weighted by Gasteiger charge is 2.32. The molecule has 5 heteroatoms. The Morgan fingerprint density at radius 2 is 1.80 bits per heavy atom. The third-order valence-corrected chi connectivity index (χ3v) is 5.68. The van der Waals surface area contributed by atoms with E-state index in [0.717, 1.165) is 12.0 Å². The second-order valence-electron chi connectivity index (χ2n) is 6.28. The fourth-order valence-electron chi connectivity index (χ4n) is 2.38. The third kappa shape index (κ3) is 3.05.